The first-order chi connectivity index (χ1) is 4.36. The van der Waals surface area contributed by atoms with E-state index < -0.39 is 0 Å². The van der Waals surface area contributed by atoms with Crippen molar-refractivity contribution < 1.29 is 19.8 Å². The molecule has 0 saturated carbocycles. The van der Waals surface area contributed by atoms with Crippen LogP contribution in [0.5, 0.6) is 0 Å². The fraction of sp³-hybridized carbons (Fsp3) is 1.00. The summed E-state index contributed by atoms with van der Waals surface area (Å²) < 4.78 is 1.00. The zero-order valence-corrected chi connectivity index (χ0v) is 7.55. The third-order valence-electron chi connectivity index (χ3n) is 2.60. The number of piperidine rings is 3. The van der Waals surface area contributed by atoms with Gasteiger partial charge in [0.2, 0.25) is 0 Å². The van der Waals surface area contributed by atoms with Crippen molar-refractivity contribution in [2.24, 2.45) is 5.92 Å². The van der Waals surface area contributed by atoms with Crippen LogP contribution in [0, 0.1) is 5.92 Å². The second-order valence-electron chi connectivity index (χ2n) is 3.18. The van der Waals surface area contributed by atoms with E-state index in [-0.39, 0.29) is 0 Å². The standard InChI is InChI=1S/C7H12N.Mo/c1-4-8-5-2-7(1)3-6-8;/h1,7H,2-6H2;. The fourth-order valence-corrected chi connectivity index (χ4v) is 3.10. The quantitative estimate of drug-likeness (QED) is 0.535. The molecule has 3 fully saturated rings. The summed E-state index contributed by atoms with van der Waals surface area (Å²) in [6.07, 6.45) is 2.95. The zero-order valence-electron chi connectivity index (χ0n) is 5.55. The van der Waals surface area contributed by atoms with Gasteiger partial charge < -0.3 is 0 Å². The van der Waals surface area contributed by atoms with Gasteiger partial charge in [-0.25, -0.2) is 0 Å². The molecule has 0 aromatic carbocycles. The van der Waals surface area contributed by atoms with Gasteiger partial charge in [-0.3, -0.25) is 0 Å². The Balaban J connectivity index is 2.06. The molecule has 51 valence electrons. The van der Waals surface area contributed by atoms with Gasteiger partial charge in [0.15, 0.2) is 0 Å². The molecule has 0 aromatic rings. The summed E-state index contributed by atoms with van der Waals surface area (Å²) in [4.78, 5) is 2.60. The summed E-state index contributed by atoms with van der Waals surface area (Å²) in [7, 11) is 0. The van der Waals surface area contributed by atoms with Crippen molar-refractivity contribution >= 4 is 0 Å². The van der Waals surface area contributed by atoms with Gasteiger partial charge in [0.25, 0.3) is 0 Å². The molecule has 9 heavy (non-hydrogen) atoms. The summed E-state index contributed by atoms with van der Waals surface area (Å²) in [5, 5.41) is 0. The molecule has 0 N–H and O–H groups in total. The van der Waals surface area contributed by atoms with Crippen molar-refractivity contribution in [1.82, 2.24) is 4.90 Å². The maximum absolute atomic E-state index is 2.60. The molecule has 0 amide bonds. The molecule has 0 spiro atoms. The predicted molar refractivity (Wildman–Crippen MR) is 32.9 cm³/mol. The van der Waals surface area contributed by atoms with Crippen molar-refractivity contribution in [3.8, 4) is 0 Å². The van der Waals surface area contributed by atoms with E-state index in [1.165, 1.54) is 32.5 Å². The van der Waals surface area contributed by atoms with Gasteiger partial charge in [-0.1, -0.05) is 0 Å². The van der Waals surface area contributed by atoms with Crippen LogP contribution >= 0.6 is 0 Å². The van der Waals surface area contributed by atoms with Crippen LogP contribution < -0.4 is 0 Å². The zero-order chi connectivity index (χ0) is 6.27. The molecule has 0 aliphatic carbocycles. The van der Waals surface area contributed by atoms with Crippen LogP contribution in [0.1, 0.15) is 12.8 Å². The predicted octanol–water partition coefficient (Wildman–Crippen LogP) is 1.05. The first-order valence-corrected chi connectivity index (χ1v) is 4.90. The molecule has 3 aliphatic heterocycles. The Hall–Kier alpha value is 0.648. The van der Waals surface area contributed by atoms with Crippen LogP contribution in [-0.4, -0.2) is 24.5 Å². The molecular weight excluding hydrogens is 194 g/mol. The van der Waals surface area contributed by atoms with Gasteiger partial charge in [0, 0.05) is 0 Å². The van der Waals surface area contributed by atoms with E-state index in [4.69, 9.17) is 0 Å². The number of fused-ring (bicyclic) bond motifs is 3. The van der Waals surface area contributed by atoms with Crippen molar-refractivity contribution in [1.29, 1.82) is 0 Å². The van der Waals surface area contributed by atoms with Gasteiger partial charge in [-0.15, -0.1) is 0 Å². The molecule has 3 aliphatic rings. The van der Waals surface area contributed by atoms with Crippen molar-refractivity contribution in [2.75, 3.05) is 19.6 Å². The minimum absolute atomic E-state index is 1.00. The van der Waals surface area contributed by atoms with Gasteiger partial charge in [-0.2, -0.15) is 0 Å². The molecule has 1 atom stereocenters. The van der Waals surface area contributed by atoms with Crippen LogP contribution in [0.4, 0.5) is 0 Å². The van der Waals surface area contributed by atoms with Gasteiger partial charge in [0.05, 0.1) is 0 Å². The summed E-state index contributed by atoms with van der Waals surface area (Å²) >= 11 is 2.33. The third-order valence-corrected chi connectivity index (χ3v) is 3.91. The average Bonchev–Trinajstić information content (AvgIpc) is 1.90. The second-order valence-corrected chi connectivity index (χ2v) is 4.66. The molecule has 0 radical (unpaired) electrons. The molecule has 3 rings (SSSR count). The van der Waals surface area contributed by atoms with Crippen molar-refractivity contribution in [3.63, 3.8) is 0 Å². The molecule has 3 saturated heterocycles. The summed E-state index contributed by atoms with van der Waals surface area (Å²) in [5.74, 6) is 1.08. The number of hydrogen-bond acceptors (Lipinski definition) is 1. The van der Waals surface area contributed by atoms with Gasteiger partial charge in [0.1, 0.15) is 0 Å². The molecule has 1 nitrogen and oxygen atoms in total. The first kappa shape index (κ1) is 6.36. The van der Waals surface area contributed by atoms with E-state index in [0.717, 1.165) is 10.2 Å². The first-order valence-electron chi connectivity index (χ1n) is 3.74. The van der Waals surface area contributed by atoms with Crippen molar-refractivity contribution in [3.05, 3.63) is 0 Å². The van der Waals surface area contributed by atoms with Crippen LogP contribution in [0.15, 0.2) is 0 Å². The van der Waals surface area contributed by atoms with Gasteiger partial charge >= 0.3 is 67.4 Å². The Morgan fingerprint density at radius 3 is 2.11 bits per heavy atom. The Kier molecular flexibility index (Phi) is 1.67. The second kappa shape index (κ2) is 2.36. The summed E-state index contributed by atoms with van der Waals surface area (Å²) in [6, 6.07) is 0. The van der Waals surface area contributed by atoms with Crippen LogP contribution in [0.3, 0.4) is 0 Å². The molecule has 0 unspecified atom stereocenters. The van der Waals surface area contributed by atoms with Crippen LogP contribution in [0.2, 0.25) is 4.31 Å². The number of nitrogens with zero attached hydrogens (tertiary/aromatic N) is 1. The van der Waals surface area contributed by atoms with E-state index >= 15 is 0 Å². The molecule has 0 aromatic heterocycles. The normalized spacial score (nSPS) is 49.6. The molecule has 2 bridgehead atoms. The Morgan fingerprint density at radius 2 is 1.89 bits per heavy atom. The average molecular weight is 206 g/mol. The van der Waals surface area contributed by atoms with Gasteiger partial charge in [-0.05, 0) is 0 Å². The van der Waals surface area contributed by atoms with E-state index in [9.17, 15) is 0 Å². The maximum atomic E-state index is 2.60. The molecule has 3 heterocycles. The van der Waals surface area contributed by atoms with E-state index in [1.807, 2.05) is 0 Å². The SMILES string of the molecule is [Mo][C@H]1CN2CCC1CC2. The fourth-order valence-electron chi connectivity index (χ4n) is 1.91. The van der Waals surface area contributed by atoms with Crippen LogP contribution in [-0.2, 0) is 19.8 Å². The Bertz CT molecular complexity index is 107. The van der Waals surface area contributed by atoms with E-state index in [1.54, 1.807) is 0 Å². The molecule has 2 heteroatoms. The summed E-state index contributed by atoms with van der Waals surface area (Å²) in [6.45, 7) is 4.16. The number of hydrogen-bond donors (Lipinski definition) is 0. The third kappa shape index (κ3) is 1.10. The minimum atomic E-state index is 1.00. The van der Waals surface area contributed by atoms with Crippen LogP contribution in [0.25, 0.3) is 0 Å². The number of rotatable bonds is 0. The Labute approximate surface area is 67.7 Å². The van der Waals surface area contributed by atoms with E-state index in [2.05, 4.69) is 24.7 Å². The Morgan fingerprint density at radius 1 is 1.22 bits per heavy atom. The summed E-state index contributed by atoms with van der Waals surface area (Å²) in [5.41, 5.74) is 0. The van der Waals surface area contributed by atoms with Crippen molar-refractivity contribution in [2.45, 2.75) is 17.1 Å². The monoisotopic (exact) mass is 208 g/mol. The van der Waals surface area contributed by atoms with E-state index in [0.29, 0.717) is 0 Å². The molecular formula is C7H12MoN. The topological polar surface area (TPSA) is 3.24 Å².